The van der Waals surface area contributed by atoms with Crippen molar-refractivity contribution in [3.63, 3.8) is 0 Å². The van der Waals surface area contributed by atoms with Crippen LogP contribution in [0.2, 0.25) is 0 Å². The first kappa shape index (κ1) is 17.0. The summed E-state index contributed by atoms with van der Waals surface area (Å²) in [5, 5.41) is 3.52. The first-order valence-electron chi connectivity index (χ1n) is 8.77. The van der Waals surface area contributed by atoms with Crippen LogP contribution < -0.4 is 10.2 Å². The number of amides is 1. The SMILES string of the molecule is CC(C)CC(=O)N1CCCCCCCNCc2ccccc21. The van der Waals surface area contributed by atoms with Gasteiger partial charge in [-0.05, 0) is 36.9 Å². The van der Waals surface area contributed by atoms with Crippen molar-refractivity contribution in [2.45, 2.75) is 58.9 Å². The molecule has 0 aromatic heterocycles. The molecule has 1 N–H and O–H groups in total. The van der Waals surface area contributed by atoms with Crippen LogP contribution >= 0.6 is 0 Å². The fourth-order valence-electron chi connectivity index (χ4n) is 3.04. The van der Waals surface area contributed by atoms with Crippen LogP contribution in [-0.4, -0.2) is 19.0 Å². The maximum Gasteiger partial charge on any atom is 0.227 e. The Labute approximate surface area is 135 Å². The van der Waals surface area contributed by atoms with Crippen molar-refractivity contribution in [1.29, 1.82) is 0 Å². The van der Waals surface area contributed by atoms with Crippen LogP contribution in [0.25, 0.3) is 0 Å². The summed E-state index contributed by atoms with van der Waals surface area (Å²) >= 11 is 0. The average molecular weight is 302 g/mol. The highest BCUT2D eigenvalue weighted by Crippen LogP contribution is 2.23. The Morgan fingerprint density at radius 3 is 2.68 bits per heavy atom. The first-order chi connectivity index (χ1) is 10.7. The molecule has 0 aliphatic carbocycles. The summed E-state index contributed by atoms with van der Waals surface area (Å²) in [4.78, 5) is 14.7. The molecule has 1 aliphatic rings. The highest BCUT2D eigenvalue weighted by atomic mass is 16.2. The van der Waals surface area contributed by atoms with Gasteiger partial charge in [0.1, 0.15) is 0 Å². The lowest BCUT2D eigenvalue weighted by Gasteiger charge is -2.27. The molecule has 3 nitrogen and oxygen atoms in total. The molecule has 0 atom stereocenters. The molecule has 1 aliphatic heterocycles. The number of hydrogen-bond acceptors (Lipinski definition) is 2. The lowest BCUT2D eigenvalue weighted by atomic mass is 10.1. The van der Waals surface area contributed by atoms with Gasteiger partial charge in [0, 0.05) is 25.2 Å². The van der Waals surface area contributed by atoms with Crippen molar-refractivity contribution in [3.05, 3.63) is 29.8 Å². The van der Waals surface area contributed by atoms with E-state index in [1.54, 1.807) is 0 Å². The lowest BCUT2D eigenvalue weighted by Crippen LogP contribution is -2.34. The Morgan fingerprint density at radius 1 is 1.14 bits per heavy atom. The van der Waals surface area contributed by atoms with Crippen molar-refractivity contribution in [2.75, 3.05) is 18.0 Å². The van der Waals surface area contributed by atoms with Gasteiger partial charge in [0.2, 0.25) is 5.91 Å². The van der Waals surface area contributed by atoms with Gasteiger partial charge in [0.05, 0.1) is 0 Å². The van der Waals surface area contributed by atoms with Crippen LogP contribution in [0.1, 0.15) is 57.9 Å². The summed E-state index contributed by atoms with van der Waals surface area (Å²) in [5.41, 5.74) is 2.33. The molecule has 0 saturated carbocycles. The highest BCUT2D eigenvalue weighted by Gasteiger charge is 2.19. The number of para-hydroxylation sites is 1. The fraction of sp³-hybridized carbons (Fsp3) is 0.632. The van der Waals surface area contributed by atoms with Crippen LogP contribution in [0, 0.1) is 5.92 Å². The minimum Gasteiger partial charge on any atom is -0.313 e. The summed E-state index contributed by atoms with van der Waals surface area (Å²) < 4.78 is 0. The molecule has 1 aromatic rings. The van der Waals surface area contributed by atoms with E-state index in [9.17, 15) is 4.79 Å². The van der Waals surface area contributed by atoms with E-state index in [-0.39, 0.29) is 5.91 Å². The second-order valence-electron chi connectivity index (χ2n) is 6.72. The molecular weight excluding hydrogens is 272 g/mol. The molecule has 122 valence electrons. The van der Waals surface area contributed by atoms with Crippen LogP contribution in [0.5, 0.6) is 0 Å². The average Bonchev–Trinajstić information content (AvgIpc) is 2.47. The van der Waals surface area contributed by atoms with Gasteiger partial charge >= 0.3 is 0 Å². The van der Waals surface area contributed by atoms with Gasteiger partial charge in [-0.15, -0.1) is 0 Å². The van der Waals surface area contributed by atoms with E-state index < -0.39 is 0 Å². The number of fused-ring (bicyclic) bond motifs is 1. The molecule has 0 spiro atoms. The maximum absolute atomic E-state index is 12.7. The Hall–Kier alpha value is -1.35. The summed E-state index contributed by atoms with van der Waals surface area (Å²) in [6, 6.07) is 8.35. The van der Waals surface area contributed by atoms with E-state index in [1.165, 1.54) is 31.2 Å². The van der Waals surface area contributed by atoms with E-state index in [0.717, 1.165) is 31.7 Å². The largest absolute Gasteiger partial charge is 0.313 e. The number of nitrogens with one attached hydrogen (secondary N) is 1. The number of benzene rings is 1. The molecule has 3 heteroatoms. The second kappa shape index (κ2) is 8.94. The molecule has 0 fully saturated rings. The van der Waals surface area contributed by atoms with Crippen LogP contribution in [-0.2, 0) is 11.3 Å². The molecule has 0 radical (unpaired) electrons. The van der Waals surface area contributed by atoms with Crippen LogP contribution in [0.3, 0.4) is 0 Å². The van der Waals surface area contributed by atoms with Crippen LogP contribution in [0.4, 0.5) is 5.69 Å². The number of carbonyl (C=O) groups is 1. The highest BCUT2D eigenvalue weighted by molar-refractivity contribution is 5.94. The molecule has 0 saturated heterocycles. The molecular formula is C19H30N2O. The second-order valence-corrected chi connectivity index (χ2v) is 6.72. The molecule has 1 aromatic carbocycles. The standard InChI is InChI=1S/C19H30N2O/c1-16(2)14-19(22)21-13-9-5-3-4-8-12-20-15-17-10-6-7-11-18(17)21/h6-7,10-11,16,20H,3-5,8-9,12-15H2,1-2H3. The summed E-state index contributed by atoms with van der Waals surface area (Å²) in [6.07, 6.45) is 6.75. The number of hydrogen-bond donors (Lipinski definition) is 1. The number of carbonyl (C=O) groups excluding carboxylic acids is 1. The van der Waals surface area contributed by atoms with Gasteiger partial charge in [-0.1, -0.05) is 51.3 Å². The Morgan fingerprint density at radius 2 is 1.86 bits per heavy atom. The molecule has 1 heterocycles. The molecule has 22 heavy (non-hydrogen) atoms. The van der Waals surface area contributed by atoms with E-state index in [2.05, 4.69) is 37.4 Å². The molecule has 1 amide bonds. The van der Waals surface area contributed by atoms with Crippen molar-refractivity contribution in [3.8, 4) is 0 Å². The van der Waals surface area contributed by atoms with Crippen molar-refractivity contribution in [1.82, 2.24) is 5.32 Å². The lowest BCUT2D eigenvalue weighted by molar-refractivity contribution is -0.119. The minimum absolute atomic E-state index is 0.263. The van der Waals surface area contributed by atoms with Gasteiger partial charge in [0.25, 0.3) is 0 Å². The third-order valence-corrected chi connectivity index (χ3v) is 4.22. The number of nitrogens with zero attached hydrogens (tertiary/aromatic N) is 1. The first-order valence-corrected chi connectivity index (χ1v) is 8.77. The summed E-state index contributed by atoms with van der Waals surface area (Å²) in [7, 11) is 0. The van der Waals surface area contributed by atoms with Crippen molar-refractivity contribution < 1.29 is 4.79 Å². The number of rotatable bonds is 2. The third kappa shape index (κ3) is 5.13. The van der Waals surface area contributed by atoms with Gasteiger partial charge in [-0.2, -0.15) is 0 Å². The fourth-order valence-corrected chi connectivity index (χ4v) is 3.04. The number of anilines is 1. The quantitative estimate of drug-likeness (QED) is 0.891. The van der Waals surface area contributed by atoms with Crippen LogP contribution in [0.15, 0.2) is 24.3 Å². The summed E-state index contributed by atoms with van der Waals surface area (Å²) in [5.74, 6) is 0.665. The maximum atomic E-state index is 12.7. The zero-order valence-electron chi connectivity index (χ0n) is 14.1. The molecule has 2 rings (SSSR count). The van der Waals surface area contributed by atoms with E-state index in [0.29, 0.717) is 12.3 Å². The van der Waals surface area contributed by atoms with Gasteiger partial charge in [0.15, 0.2) is 0 Å². The van der Waals surface area contributed by atoms with Crippen molar-refractivity contribution >= 4 is 11.6 Å². The Bertz CT molecular complexity index is 470. The predicted molar refractivity (Wildman–Crippen MR) is 93.0 cm³/mol. The normalized spacial score (nSPS) is 17.5. The van der Waals surface area contributed by atoms with Crippen molar-refractivity contribution in [2.24, 2.45) is 5.92 Å². The van der Waals surface area contributed by atoms with E-state index in [4.69, 9.17) is 0 Å². The molecule has 0 bridgehead atoms. The van der Waals surface area contributed by atoms with Gasteiger partial charge in [-0.25, -0.2) is 0 Å². The topological polar surface area (TPSA) is 32.3 Å². The van der Waals surface area contributed by atoms with E-state index >= 15 is 0 Å². The summed E-state index contributed by atoms with van der Waals surface area (Å²) in [6.45, 7) is 6.99. The Kier molecular flexibility index (Phi) is 6.91. The monoisotopic (exact) mass is 302 g/mol. The van der Waals surface area contributed by atoms with Gasteiger partial charge < -0.3 is 10.2 Å². The zero-order chi connectivity index (χ0) is 15.8. The Balaban J connectivity index is 2.22. The smallest absolute Gasteiger partial charge is 0.227 e. The van der Waals surface area contributed by atoms with E-state index in [1.807, 2.05) is 11.0 Å². The predicted octanol–water partition coefficient (Wildman–Crippen LogP) is 4.12. The molecule has 0 unspecified atom stereocenters. The minimum atomic E-state index is 0.263. The zero-order valence-corrected chi connectivity index (χ0v) is 14.1. The third-order valence-electron chi connectivity index (χ3n) is 4.22. The van der Waals surface area contributed by atoms with Gasteiger partial charge in [-0.3, -0.25) is 4.79 Å².